The van der Waals surface area contributed by atoms with Gasteiger partial charge in [-0.2, -0.15) is 0 Å². The Bertz CT molecular complexity index is 934. The number of halogens is 1. The van der Waals surface area contributed by atoms with Gasteiger partial charge in [0, 0.05) is 38.8 Å². The molecule has 2 heterocycles. The van der Waals surface area contributed by atoms with Crippen molar-refractivity contribution in [3.05, 3.63) is 65.7 Å². The molecule has 1 fully saturated rings. The van der Waals surface area contributed by atoms with E-state index in [4.69, 9.17) is 0 Å². The summed E-state index contributed by atoms with van der Waals surface area (Å²) in [5, 5.41) is 0. The van der Waals surface area contributed by atoms with E-state index < -0.39 is 17.1 Å². The van der Waals surface area contributed by atoms with Crippen LogP contribution in [-0.4, -0.2) is 46.1 Å². The van der Waals surface area contributed by atoms with Crippen molar-refractivity contribution in [1.82, 2.24) is 14.8 Å². The first-order valence-corrected chi connectivity index (χ1v) is 10.1. The average Bonchev–Trinajstić information content (AvgIpc) is 2.97. The number of carbonyl (C=O) groups is 3. The Balaban J connectivity index is 1.95. The fourth-order valence-corrected chi connectivity index (χ4v) is 3.80. The number of hydrogen-bond donors (Lipinski definition) is 0. The standard InChI is InChI=1S/C23H26FN3O3/c1-3-4-11-26(2)20(28)13-23(18-8-5-9-19(24)12-18)14-21(29)27(22(23)30)16-17-7-6-10-25-15-17/h5-10,12,15H,3-4,11,13-14,16H2,1-2H3/t23-/m1/s1. The molecule has 1 atom stereocenters. The van der Waals surface area contributed by atoms with Crippen LogP contribution in [0.3, 0.4) is 0 Å². The molecule has 1 aliphatic heterocycles. The normalized spacial score (nSPS) is 18.7. The Kier molecular flexibility index (Phi) is 6.59. The molecule has 1 aliphatic rings. The first kappa shape index (κ1) is 21.6. The Morgan fingerprint density at radius 2 is 2.07 bits per heavy atom. The lowest BCUT2D eigenvalue weighted by molar-refractivity contribution is -0.143. The van der Waals surface area contributed by atoms with Gasteiger partial charge in [0.15, 0.2) is 0 Å². The molecule has 6 nitrogen and oxygen atoms in total. The number of aromatic nitrogens is 1. The Labute approximate surface area is 175 Å². The van der Waals surface area contributed by atoms with Gasteiger partial charge in [-0.05, 0) is 35.7 Å². The summed E-state index contributed by atoms with van der Waals surface area (Å²) in [5.41, 5.74) is -0.341. The summed E-state index contributed by atoms with van der Waals surface area (Å²) < 4.78 is 14.0. The van der Waals surface area contributed by atoms with Gasteiger partial charge in [-0.1, -0.05) is 31.5 Å². The molecule has 0 N–H and O–H groups in total. The number of likely N-dealkylation sites (tertiary alicyclic amines) is 1. The van der Waals surface area contributed by atoms with E-state index in [9.17, 15) is 18.8 Å². The van der Waals surface area contributed by atoms with E-state index in [1.54, 1.807) is 42.5 Å². The van der Waals surface area contributed by atoms with Crippen LogP contribution < -0.4 is 0 Å². The van der Waals surface area contributed by atoms with Crippen molar-refractivity contribution < 1.29 is 18.8 Å². The maximum absolute atomic E-state index is 14.0. The number of benzene rings is 1. The first-order valence-electron chi connectivity index (χ1n) is 10.1. The Morgan fingerprint density at radius 1 is 1.27 bits per heavy atom. The minimum Gasteiger partial charge on any atom is -0.346 e. The Morgan fingerprint density at radius 3 is 2.73 bits per heavy atom. The van der Waals surface area contributed by atoms with E-state index in [1.165, 1.54) is 18.2 Å². The van der Waals surface area contributed by atoms with Crippen molar-refractivity contribution in [1.29, 1.82) is 0 Å². The van der Waals surface area contributed by atoms with E-state index in [0.29, 0.717) is 17.7 Å². The molecule has 2 aromatic rings. The molecule has 3 rings (SSSR count). The van der Waals surface area contributed by atoms with Gasteiger partial charge in [0.1, 0.15) is 5.82 Å². The largest absolute Gasteiger partial charge is 0.346 e. The summed E-state index contributed by atoms with van der Waals surface area (Å²) in [6.07, 6.45) is 4.64. The molecule has 7 heteroatoms. The monoisotopic (exact) mass is 411 g/mol. The maximum Gasteiger partial charge on any atom is 0.241 e. The topological polar surface area (TPSA) is 70.6 Å². The van der Waals surface area contributed by atoms with Crippen molar-refractivity contribution in [2.24, 2.45) is 0 Å². The van der Waals surface area contributed by atoms with Gasteiger partial charge in [0.05, 0.1) is 12.0 Å². The summed E-state index contributed by atoms with van der Waals surface area (Å²) in [4.78, 5) is 46.0. The number of pyridine rings is 1. The molecule has 1 saturated heterocycles. The zero-order valence-corrected chi connectivity index (χ0v) is 17.3. The van der Waals surface area contributed by atoms with Gasteiger partial charge in [0.25, 0.3) is 0 Å². The highest BCUT2D eigenvalue weighted by Gasteiger charge is 2.54. The van der Waals surface area contributed by atoms with Crippen LogP contribution in [0.1, 0.15) is 43.7 Å². The minimum absolute atomic E-state index is 0.0719. The highest BCUT2D eigenvalue weighted by Crippen LogP contribution is 2.41. The number of hydrogen-bond acceptors (Lipinski definition) is 4. The van der Waals surface area contributed by atoms with Crippen LogP contribution >= 0.6 is 0 Å². The van der Waals surface area contributed by atoms with Crippen LogP contribution in [0, 0.1) is 5.82 Å². The molecular weight excluding hydrogens is 385 g/mol. The predicted molar refractivity (Wildman–Crippen MR) is 110 cm³/mol. The fourth-order valence-electron chi connectivity index (χ4n) is 3.80. The van der Waals surface area contributed by atoms with Crippen LogP contribution in [0.15, 0.2) is 48.8 Å². The fraction of sp³-hybridized carbons (Fsp3) is 0.391. The van der Waals surface area contributed by atoms with Gasteiger partial charge in [-0.3, -0.25) is 24.3 Å². The van der Waals surface area contributed by atoms with Gasteiger partial charge in [-0.15, -0.1) is 0 Å². The van der Waals surface area contributed by atoms with Gasteiger partial charge in [-0.25, -0.2) is 4.39 Å². The van der Waals surface area contributed by atoms with Gasteiger partial charge in [0.2, 0.25) is 17.7 Å². The third-order valence-corrected chi connectivity index (χ3v) is 5.58. The highest BCUT2D eigenvalue weighted by molar-refractivity contribution is 6.10. The lowest BCUT2D eigenvalue weighted by Crippen LogP contribution is -2.42. The average molecular weight is 411 g/mol. The SMILES string of the molecule is CCCCN(C)C(=O)C[C@]1(c2cccc(F)c2)CC(=O)N(Cc2cccnc2)C1=O. The second kappa shape index (κ2) is 9.15. The molecule has 0 radical (unpaired) electrons. The van der Waals surface area contributed by atoms with Crippen molar-refractivity contribution in [2.45, 2.75) is 44.6 Å². The molecule has 0 bridgehead atoms. The summed E-state index contributed by atoms with van der Waals surface area (Å²) in [5.74, 6) is -1.60. The zero-order valence-electron chi connectivity index (χ0n) is 17.3. The minimum atomic E-state index is -1.40. The Hall–Kier alpha value is -3.09. The molecule has 0 saturated carbocycles. The highest BCUT2D eigenvalue weighted by atomic mass is 19.1. The molecular formula is C23H26FN3O3. The molecule has 3 amide bonds. The quantitative estimate of drug-likeness (QED) is 0.626. The third kappa shape index (κ3) is 4.40. The zero-order chi connectivity index (χ0) is 21.7. The third-order valence-electron chi connectivity index (χ3n) is 5.58. The van der Waals surface area contributed by atoms with Crippen molar-refractivity contribution >= 4 is 17.7 Å². The van der Waals surface area contributed by atoms with E-state index in [2.05, 4.69) is 4.98 Å². The number of imide groups is 1. The number of carbonyl (C=O) groups excluding carboxylic acids is 3. The first-order chi connectivity index (χ1) is 14.4. The molecule has 0 unspecified atom stereocenters. The number of amides is 3. The summed E-state index contributed by atoms with van der Waals surface area (Å²) >= 11 is 0. The molecule has 158 valence electrons. The van der Waals surface area contributed by atoms with Crippen LogP contribution in [0.2, 0.25) is 0 Å². The summed E-state index contributed by atoms with van der Waals surface area (Å²) in [7, 11) is 1.69. The predicted octanol–water partition coefficient (Wildman–Crippen LogP) is 3.07. The number of unbranched alkanes of at least 4 members (excludes halogenated alkanes) is 1. The lowest BCUT2D eigenvalue weighted by atomic mass is 9.75. The molecule has 30 heavy (non-hydrogen) atoms. The second-order valence-electron chi connectivity index (χ2n) is 7.76. The van der Waals surface area contributed by atoms with Crippen LogP contribution in [0.25, 0.3) is 0 Å². The molecule has 1 aromatic carbocycles. The molecule has 0 spiro atoms. The van der Waals surface area contributed by atoms with Crippen molar-refractivity contribution in [3.8, 4) is 0 Å². The van der Waals surface area contributed by atoms with Crippen LogP contribution in [0.4, 0.5) is 4.39 Å². The second-order valence-corrected chi connectivity index (χ2v) is 7.76. The van der Waals surface area contributed by atoms with E-state index in [0.717, 1.165) is 17.7 Å². The molecule has 1 aromatic heterocycles. The van der Waals surface area contributed by atoms with Crippen molar-refractivity contribution in [2.75, 3.05) is 13.6 Å². The van der Waals surface area contributed by atoms with Crippen LogP contribution in [-0.2, 0) is 26.3 Å². The van der Waals surface area contributed by atoms with E-state index in [1.807, 2.05) is 6.92 Å². The summed E-state index contributed by atoms with van der Waals surface area (Å²) in [6, 6.07) is 9.14. The van der Waals surface area contributed by atoms with Gasteiger partial charge >= 0.3 is 0 Å². The number of rotatable bonds is 8. The number of nitrogens with zero attached hydrogens (tertiary/aromatic N) is 3. The molecule has 0 aliphatic carbocycles. The van der Waals surface area contributed by atoms with Crippen molar-refractivity contribution in [3.63, 3.8) is 0 Å². The smallest absolute Gasteiger partial charge is 0.241 e. The maximum atomic E-state index is 14.0. The van der Waals surface area contributed by atoms with Gasteiger partial charge < -0.3 is 4.90 Å². The lowest BCUT2D eigenvalue weighted by Gasteiger charge is -2.29. The summed E-state index contributed by atoms with van der Waals surface area (Å²) in [6.45, 7) is 2.67. The van der Waals surface area contributed by atoms with E-state index in [-0.39, 0.29) is 31.2 Å². The van der Waals surface area contributed by atoms with E-state index >= 15 is 0 Å². The van der Waals surface area contributed by atoms with Crippen LogP contribution in [0.5, 0.6) is 0 Å².